The van der Waals surface area contributed by atoms with Gasteiger partial charge in [-0.2, -0.15) is 5.10 Å². The minimum atomic E-state index is 0.467. The summed E-state index contributed by atoms with van der Waals surface area (Å²) in [6.07, 6.45) is 5.93. The molecule has 7 heteroatoms. The number of nitrogens with zero attached hydrogens (tertiary/aromatic N) is 3. The Hall–Kier alpha value is -2.64. The zero-order valence-electron chi connectivity index (χ0n) is 16.7. The number of nitrogens with one attached hydrogen (secondary N) is 2. The molecule has 0 radical (unpaired) electrons. The second-order valence-corrected chi connectivity index (χ2v) is 7.10. The lowest BCUT2D eigenvalue weighted by Gasteiger charge is -2.24. The second-order valence-electron chi connectivity index (χ2n) is 7.10. The van der Waals surface area contributed by atoms with Crippen LogP contribution in [0, 0.1) is 0 Å². The van der Waals surface area contributed by atoms with Crippen molar-refractivity contribution in [1.82, 2.24) is 20.1 Å². The number of benzene rings is 1. The van der Waals surface area contributed by atoms with Crippen molar-refractivity contribution < 1.29 is 9.47 Å². The molecule has 148 valence electrons. The van der Waals surface area contributed by atoms with Crippen LogP contribution >= 0.6 is 0 Å². The first-order valence-electron chi connectivity index (χ1n) is 9.70. The SMILES string of the molecule is CNCc1cnn(-c2cc3nc(NC)cc(C4CCOCC4)c3cc2OC)c1. The molecule has 1 aromatic carbocycles. The first-order valence-corrected chi connectivity index (χ1v) is 9.70. The summed E-state index contributed by atoms with van der Waals surface area (Å²) < 4.78 is 13.1. The fraction of sp³-hybridized carbons (Fsp3) is 0.429. The summed E-state index contributed by atoms with van der Waals surface area (Å²) in [5, 5.41) is 12.0. The summed E-state index contributed by atoms with van der Waals surface area (Å²) in [6.45, 7) is 2.38. The Morgan fingerprint density at radius 2 is 2.04 bits per heavy atom. The van der Waals surface area contributed by atoms with Crippen molar-refractivity contribution in [1.29, 1.82) is 0 Å². The Morgan fingerprint density at radius 3 is 2.75 bits per heavy atom. The van der Waals surface area contributed by atoms with Gasteiger partial charge in [0, 0.05) is 44.0 Å². The number of aromatic nitrogens is 3. The molecule has 0 saturated carbocycles. The molecule has 0 spiro atoms. The maximum Gasteiger partial charge on any atom is 0.145 e. The molecule has 1 fully saturated rings. The van der Waals surface area contributed by atoms with Gasteiger partial charge in [-0.25, -0.2) is 9.67 Å². The van der Waals surface area contributed by atoms with E-state index in [2.05, 4.69) is 33.9 Å². The van der Waals surface area contributed by atoms with E-state index in [1.807, 2.05) is 31.2 Å². The highest BCUT2D eigenvalue weighted by atomic mass is 16.5. The molecule has 2 aromatic heterocycles. The molecule has 0 unspecified atom stereocenters. The number of rotatable bonds is 6. The van der Waals surface area contributed by atoms with Crippen molar-refractivity contribution in [2.24, 2.45) is 0 Å². The van der Waals surface area contributed by atoms with Crippen LogP contribution in [-0.4, -0.2) is 49.2 Å². The normalized spacial score (nSPS) is 15.1. The van der Waals surface area contributed by atoms with E-state index in [1.54, 1.807) is 7.11 Å². The van der Waals surface area contributed by atoms with Crippen LogP contribution in [0.5, 0.6) is 5.75 Å². The topological polar surface area (TPSA) is 73.2 Å². The summed E-state index contributed by atoms with van der Waals surface area (Å²) in [5.74, 6) is 2.13. The molecule has 0 atom stereocenters. The monoisotopic (exact) mass is 381 g/mol. The number of hydrogen-bond donors (Lipinski definition) is 2. The van der Waals surface area contributed by atoms with Crippen LogP contribution in [0.25, 0.3) is 16.6 Å². The summed E-state index contributed by atoms with van der Waals surface area (Å²) in [7, 11) is 5.53. The Balaban J connectivity index is 1.86. The van der Waals surface area contributed by atoms with Crippen molar-refractivity contribution in [2.45, 2.75) is 25.3 Å². The first-order chi connectivity index (χ1) is 13.7. The van der Waals surface area contributed by atoms with Gasteiger partial charge in [0.1, 0.15) is 17.3 Å². The highest BCUT2D eigenvalue weighted by molar-refractivity contribution is 5.88. The number of fused-ring (bicyclic) bond motifs is 1. The molecular formula is C21H27N5O2. The number of anilines is 1. The quantitative estimate of drug-likeness (QED) is 0.684. The van der Waals surface area contributed by atoms with Crippen LogP contribution < -0.4 is 15.4 Å². The van der Waals surface area contributed by atoms with Crippen LogP contribution in [0.15, 0.2) is 30.6 Å². The second kappa shape index (κ2) is 8.16. The number of hydrogen-bond acceptors (Lipinski definition) is 6. The third-order valence-corrected chi connectivity index (χ3v) is 5.32. The van der Waals surface area contributed by atoms with E-state index in [1.165, 1.54) is 5.56 Å². The van der Waals surface area contributed by atoms with Crippen LogP contribution in [0.2, 0.25) is 0 Å². The molecule has 1 aliphatic rings. The van der Waals surface area contributed by atoms with Crippen molar-refractivity contribution >= 4 is 16.7 Å². The molecule has 2 N–H and O–H groups in total. The summed E-state index contributed by atoms with van der Waals surface area (Å²) in [4.78, 5) is 4.80. The van der Waals surface area contributed by atoms with Gasteiger partial charge in [0.25, 0.3) is 0 Å². The third-order valence-electron chi connectivity index (χ3n) is 5.32. The van der Waals surface area contributed by atoms with Gasteiger partial charge in [-0.05, 0) is 49.6 Å². The number of ether oxygens (including phenoxy) is 2. The maximum absolute atomic E-state index is 5.73. The minimum absolute atomic E-state index is 0.467. The highest BCUT2D eigenvalue weighted by Crippen LogP contribution is 2.37. The zero-order chi connectivity index (χ0) is 19.5. The molecule has 0 bridgehead atoms. The predicted molar refractivity (Wildman–Crippen MR) is 111 cm³/mol. The minimum Gasteiger partial charge on any atom is -0.494 e. The Morgan fingerprint density at radius 1 is 1.21 bits per heavy atom. The van der Waals surface area contributed by atoms with Gasteiger partial charge in [0.05, 0.1) is 18.8 Å². The van der Waals surface area contributed by atoms with Gasteiger partial charge in [-0.1, -0.05) is 0 Å². The van der Waals surface area contributed by atoms with Crippen LogP contribution in [0.3, 0.4) is 0 Å². The molecule has 4 rings (SSSR count). The average molecular weight is 381 g/mol. The molecule has 3 heterocycles. The van der Waals surface area contributed by atoms with E-state index in [4.69, 9.17) is 14.5 Å². The smallest absolute Gasteiger partial charge is 0.145 e. The summed E-state index contributed by atoms with van der Waals surface area (Å²) >= 11 is 0. The van der Waals surface area contributed by atoms with Gasteiger partial charge in [-0.15, -0.1) is 0 Å². The maximum atomic E-state index is 5.73. The Bertz CT molecular complexity index is 963. The molecule has 3 aromatic rings. The standard InChI is InChI=1S/C21H27N5O2/c1-22-11-14-12-24-26(13-14)19-10-18-17(8-20(19)27-3)16(9-21(23-2)25-18)15-4-6-28-7-5-15/h8-10,12-13,15,22H,4-7,11H2,1-3H3,(H,23,25). The van der Waals surface area contributed by atoms with Gasteiger partial charge in [0.15, 0.2) is 0 Å². The molecule has 1 aliphatic heterocycles. The lowest BCUT2D eigenvalue weighted by molar-refractivity contribution is 0.0856. The molecule has 0 amide bonds. The van der Waals surface area contributed by atoms with Gasteiger partial charge in [-0.3, -0.25) is 0 Å². The van der Waals surface area contributed by atoms with Gasteiger partial charge in [0.2, 0.25) is 0 Å². The van der Waals surface area contributed by atoms with E-state index in [9.17, 15) is 0 Å². The third kappa shape index (κ3) is 3.55. The van der Waals surface area contributed by atoms with Crippen LogP contribution in [0.4, 0.5) is 5.82 Å². The summed E-state index contributed by atoms with van der Waals surface area (Å²) in [6, 6.07) is 6.33. The van der Waals surface area contributed by atoms with E-state index in [0.29, 0.717) is 5.92 Å². The van der Waals surface area contributed by atoms with Crippen molar-refractivity contribution in [3.8, 4) is 11.4 Å². The first kappa shape index (κ1) is 18.7. The summed E-state index contributed by atoms with van der Waals surface area (Å²) in [5.41, 5.74) is 4.24. The van der Waals surface area contributed by atoms with Crippen molar-refractivity contribution in [3.05, 3.63) is 41.7 Å². The molecule has 28 heavy (non-hydrogen) atoms. The van der Waals surface area contributed by atoms with Crippen LogP contribution in [-0.2, 0) is 11.3 Å². The molecule has 1 saturated heterocycles. The zero-order valence-corrected chi connectivity index (χ0v) is 16.7. The van der Waals surface area contributed by atoms with Gasteiger partial charge < -0.3 is 20.1 Å². The number of pyridine rings is 1. The van der Waals surface area contributed by atoms with E-state index >= 15 is 0 Å². The van der Waals surface area contributed by atoms with E-state index < -0.39 is 0 Å². The molecule has 7 nitrogen and oxygen atoms in total. The van der Waals surface area contributed by atoms with Gasteiger partial charge >= 0.3 is 0 Å². The average Bonchev–Trinajstić information content (AvgIpc) is 3.21. The Kier molecular flexibility index (Phi) is 5.45. The molecular weight excluding hydrogens is 354 g/mol. The fourth-order valence-corrected chi connectivity index (χ4v) is 3.87. The van der Waals surface area contributed by atoms with Crippen LogP contribution in [0.1, 0.15) is 29.9 Å². The lowest BCUT2D eigenvalue weighted by atomic mass is 9.89. The van der Waals surface area contributed by atoms with Crippen molar-refractivity contribution in [3.63, 3.8) is 0 Å². The predicted octanol–water partition coefficient (Wildman–Crippen LogP) is 3.08. The highest BCUT2D eigenvalue weighted by Gasteiger charge is 2.21. The van der Waals surface area contributed by atoms with Crippen molar-refractivity contribution in [2.75, 3.05) is 39.7 Å². The lowest BCUT2D eigenvalue weighted by Crippen LogP contribution is -2.15. The van der Waals surface area contributed by atoms with E-state index in [0.717, 1.165) is 66.3 Å². The number of methoxy groups -OCH3 is 1. The Labute approximate surface area is 165 Å². The molecule has 0 aliphatic carbocycles. The fourth-order valence-electron chi connectivity index (χ4n) is 3.87. The largest absolute Gasteiger partial charge is 0.494 e. The van der Waals surface area contributed by atoms with E-state index in [-0.39, 0.29) is 0 Å².